The first kappa shape index (κ1) is 21.3. The zero-order valence-electron chi connectivity index (χ0n) is 18.2. The number of carbonyl (C=O) groups is 2. The fraction of sp³-hybridized carbons (Fsp3) is 0.192. The Bertz CT molecular complexity index is 1150. The van der Waals surface area contributed by atoms with Gasteiger partial charge in [0.05, 0.1) is 18.7 Å². The number of para-hydroxylation sites is 1. The first-order valence-corrected chi connectivity index (χ1v) is 10.6. The maximum atomic E-state index is 13.4. The van der Waals surface area contributed by atoms with Gasteiger partial charge in [-0.25, -0.2) is 0 Å². The van der Waals surface area contributed by atoms with Crippen LogP contribution >= 0.6 is 0 Å². The summed E-state index contributed by atoms with van der Waals surface area (Å²) in [7, 11) is 0. The molecule has 0 bridgehead atoms. The Morgan fingerprint density at radius 2 is 1.66 bits per heavy atom. The van der Waals surface area contributed by atoms with Gasteiger partial charge >= 0.3 is 0 Å². The number of nitrogens with zero attached hydrogens (tertiary/aromatic N) is 2. The number of hydrogen-bond donors (Lipinski definition) is 1. The van der Waals surface area contributed by atoms with Crippen molar-refractivity contribution in [2.24, 2.45) is 0 Å². The number of ether oxygens (including phenoxy) is 1. The van der Waals surface area contributed by atoms with Crippen LogP contribution in [0.3, 0.4) is 0 Å². The lowest BCUT2D eigenvalue weighted by atomic mass is 10.0. The standard InChI is InChI=1S/C26H25N3O3/c1-3-16-32-21-10-8-20(9-11-21)23-24(28-22-7-5-4-6-18(22)2)26(31)29(25(23)30)17-19-12-14-27-15-13-19/h4-15,28H,3,16-17H2,1-2H3. The summed E-state index contributed by atoms with van der Waals surface area (Å²) in [5.74, 6) is 0.0523. The van der Waals surface area contributed by atoms with Crippen LogP contribution in [-0.2, 0) is 16.1 Å². The van der Waals surface area contributed by atoms with Crippen molar-refractivity contribution < 1.29 is 14.3 Å². The van der Waals surface area contributed by atoms with Gasteiger partial charge in [-0.2, -0.15) is 0 Å². The highest BCUT2D eigenvalue weighted by molar-refractivity contribution is 6.36. The maximum absolute atomic E-state index is 13.4. The van der Waals surface area contributed by atoms with Gasteiger partial charge in [0.15, 0.2) is 0 Å². The van der Waals surface area contributed by atoms with E-state index in [2.05, 4.69) is 10.3 Å². The van der Waals surface area contributed by atoms with Crippen LogP contribution in [0.25, 0.3) is 5.57 Å². The summed E-state index contributed by atoms with van der Waals surface area (Å²) in [5.41, 5.74) is 3.90. The molecule has 0 spiro atoms. The average Bonchev–Trinajstić information content (AvgIpc) is 3.04. The van der Waals surface area contributed by atoms with Crippen LogP contribution in [0.1, 0.15) is 30.0 Å². The molecule has 1 aromatic heterocycles. The number of benzene rings is 2. The van der Waals surface area contributed by atoms with Crippen LogP contribution in [0.2, 0.25) is 0 Å². The summed E-state index contributed by atoms with van der Waals surface area (Å²) in [6.07, 6.45) is 4.21. The zero-order chi connectivity index (χ0) is 22.5. The van der Waals surface area contributed by atoms with Crippen LogP contribution in [0.15, 0.2) is 78.8 Å². The van der Waals surface area contributed by atoms with Crippen molar-refractivity contribution in [3.05, 3.63) is 95.4 Å². The molecule has 6 nitrogen and oxygen atoms in total. The lowest BCUT2D eigenvalue weighted by molar-refractivity contribution is -0.137. The average molecular weight is 428 g/mol. The number of aromatic nitrogens is 1. The highest BCUT2D eigenvalue weighted by atomic mass is 16.5. The third kappa shape index (κ3) is 4.39. The molecule has 32 heavy (non-hydrogen) atoms. The number of nitrogens with one attached hydrogen (secondary N) is 1. The van der Waals surface area contributed by atoms with E-state index in [1.165, 1.54) is 4.90 Å². The molecule has 0 unspecified atom stereocenters. The molecule has 162 valence electrons. The molecule has 1 aliphatic heterocycles. The fourth-order valence-corrected chi connectivity index (χ4v) is 3.56. The minimum absolute atomic E-state index is 0.181. The van der Waals surface area contributed by atoms with Crippen molar-refractivity contribution >= 4 is 23.1 Å². The summed E-state index contributed by atoms with van der Waals surface area (Å²) in [6.45, 7) is 4.81. The van der Waals surface area contributed by atoms with Gasteiger partial charge in [0.2, 0.25) is 0 Å². The van der Waals surface area contributed by atoms with Gasteiger partial charge in [-0.1, -0.05) is 37.3 Å². The largest absolute Gasteiger partial charge is 0.494 e. The summed E-state index contributed by atoms with van der Waals surface area (Å²) in [5, 5.41) is 3.23. The van der Waals surface area contributed by atoms with Gasteiger partial charge in [0.25, 0.3) is 11.8 Å². The van der Waals surface area contributed by atoms with Crippen molar-refractivity contribution in [2.45, 2.75) is 26.8 Å². The molecule has 3 aromatic rings. The first-order chi connectivity index (χ1) is 15.6. The number of pyridine rings is 1. The van der Waals surface area contributed by atoms with E-state index in [-0.39, 0.29) is 24.1 Å². The van der Waals surface area contributed by atoms with E-state index in [1.807, 2.05) is 62.4 Å². The third-order valence-corrected chi connectivity index (χ3v) is 5.28. The van der Waals surface area contributed by atoms with Crippen LogP contribution < -0.4 is 10.1 Å². The van der Waals surface area contributed by atoms with Crippen molar-refractivity contribution in [3.63, 3.8) is 0 Å². The third-order valence-electron chi connectivity index (χ3n) is 5.28. The summed E-state index contributed by atoms with van der Waals surface area (Å²) < 4.78 is 5.66. The van der Waals surface area contributed by atoms with Crippen LogP contribution in [-0.4, -0.2) is 28.3 Å². The van der Waals surface area contributed by atoms with Gasteiger partial charge < -0.3 is 10.1 Å². The second-order valence-corrected chi connectivity index (χ2v) is 7.61. The van der Waals surface area contributed by atoms with E-state index in [4.69, 9.17) is 4.74 Å². The molecule has 1 aliphatic rings. The molecule has 2 amide bonds. The van der Waals surface area contributed by atoms with Crippen molar-refractivity contribution in [3.8, 4) is 5.75 Å². The Balaban J connectivity index is 1.71. The van der Waals surface area contributed by atoms with Gasteiger partial charge in [-0.15, -0.1) is 0 Å². The van der Waals surface area contributed by atoms with E-state index in [0.717, 1.165) is 29.0 Å². The normalized spacial score (nSPS) is 13.6. The zero-order valence-corrected chi connectivity index (χ0v) is 18.2. The van der Waals surface area contributed by atoms with E-state index in [1.54, 1.807) is 24.5 Å². The Morgan fingerprint density at radius 1 is 0.938 bits per heavy atom. The van der Waals surface area contributed by atoms with Crippen LogP contribution in [0.4, 0.5) is 5.69 Å². The number of rotatable bonds is 8. The Hall–Kier alpha value is -3.93. The summed E-state index contributed by atoms with van der Waals surface area (Å²) in [6, 6.07) is 18.6. The number of anilines is 1. The number of hydrogen-bond acceptors (Lipinski definition) is 5. The predicted molar refractivity (Wildman–Crippen MR) is 124 cm³/mol. The molecule has 0 atom stereocenters. The van der Waals surface area contributed by atoms with Crippen LogP contribution in [0, 0.1) is 6.92 Å². The van der Waals surface area contributed by atoms with E-state index >= 15 is 0 Å². The van der Waals surface area contributed by atoms with Crippen molar-refractivity contribution in [1.29, 1.82) is 0 Å². The van der Waals surface area contributed by atoms with Crippen molar-refractivity contribution in [2.75, 3.05) is 11.9 Å². The quantitative estimate of drug-likeness (QED) is 0.533. The van der Waals surface area contributed by atoms with Gasteiger partial charge in [-0.3, -0.25) is 19.5 Å². The second-order valence-electron chi connectivity index (χ2n) is 7.61. The maximum Gasteiger partial charge on any atom is 0.278 e. The molecule has 0 fully saturated rings. The molecule has 0 radical (unpaired) electrons. The Labute approximate surface area is 187 Å². The minimum Gasteiger partial charge on any atom is -0.494 e. The SMILES string of the molecule is CCCOc1ccc(C2=C(Nc3ccccc3C)C(=O)N(Cc3ccncc3)C2=O)cc1. The topological polar surface area (TPSA) is 71.5 Å². The summed E-state index contributed by atoms with van der Waals surface area (Å²) in [4.78, 5) is 32.1. The second kappa shape index (κ2) is 9.47. The van der Waals surface area contributed by atoms with E-state index in [0.29, 0.717) is 17.7 Å². The number of carbonyl (C=O) groups excluding carboxylic acids is 2. The first-order valence-electron chi connectivity index (χ1n) is 10.6. The number of imide groups is 1. The number of amides is 2. The van der Waals surface area contributed by atoms with Gasteiger partial charge in [-0.05, 0) is 60.4 Å². The van der Waals surface area contributed by atoms with Crippen molar-refractivity contribution in [1.82, 2.24) is 9.88 Å². The lowest BCUT2D eigenvalue weighted by Crippen LogP contribution is -2.32. The van der Waals surface area contributed by atoms with E-state index in [9.17, 15) is 9.59 Å². The minimum atomic E-state index is -0.351. The molecule has 0 aliphatic carbocycles. The van der Waals surface area contributed by atoms with E-state index < -0.39 is 0 Å². The molecule has 2 heterocycles. The monoisotopic (exact) mass is 427 g/mol. The molecule has 1 N–H and O–H groups in total. The molecule has 6 heteroatoms. The molecule has 0 saturated heterocycles. The highest BCUT2D eigenvalue weighted by Crippen LogP contribution is 2.33. The Morgan fingerprint density at radius 3 is 2.34 bits per heavy atom. The van der Waals surface area contributed by atoms with Gasteiger partial charge in [0, 0.05) is 18.1 Å². The highest BCUT2D eigenvalue weighted by Gasteiger charge is 2.39. The summed E-state index contributed by atoms with van der Waals surface area (Å²) >= 11 is 0. The lowest BCUT2D eigenvalue weighted by Gasteiger charge is -2.15. The molecule has 0 saturated carbocycles. The predicted octanol–water partition coefficient (Wildman–Crippen LogP) is 4.57. The molecular weight excluding hydrogens is 402 g/mol. The number of aryl methyl sites for hydroxylation is 1. The van der Waals surface area contributed by atoms with Gasteiger partial charge in [0.1, 0.15) is 11.4 Å². The molecule has 2 aromatic carbocycles. The Kier molecular flexibility index (Phi) is 6.31. The molecule has 4 rings (SSSR count). The smallest absolute Gasteiger partial charge is 0.278 e. The fourth-order valence-electron chi connectivity index (χ4n) is 3.56. The molecular formula is C26H25N3O3. The van der Waals surface area contributed by atoms with Crippen LogP contribution in [0.5, 0.6) is 5.75 Å².